The number of carbonyl (C=O) groups is 1. The Hall–Kier alpha value is -3.14. The van der Waals surface area contributed by atoms with E-state index in [2.05, 4.69) is 10.3 Å². The number of sulfone groups is 1. The first-order valence-electron chi connectivity index (χ1n) is 11.3. The Balaban J connectivity index is 1.77. The fourth-order valence-corrected chi connectivity index (χ4v) is 6.47. The van der Waals surface area contributed by atoms with Crippen LogP contribution in [0.1, 0.15) is 57.4 Å². The minimum absolute atomic E-state index is 0.0140. The van der Waals surface area contributed by atoms with Gasteiger partial charge in [-0.2, -0.15) is 0 Å². The fraction of sp³-hybridized carbons (Fsp3) is 0.458. The molecule has 9 nitrogen and oxygen atoms in total. The number of hydrogen-bond acceptors (Lipinski definition) is 6. The van der Waals surface area contributed by atoms with Gasteiger partial charge in [0.05, 0.1) is 39.9 Å². The molecule has 1 fully saturated rings. The summed E-state index contributed by atoms with van der Waals surface area (Å²) in [4.78, 5) is 30.9. The molecule has 0 radical (unpaired) electrons. The van der Waals surface area contributed by atoms with E-state index in [0.29, 0.717) is 29.0 Å². The predicted molar refractivity (Wildman–Crippen MR) is 131 cm³/mol. The highest BCUT2D eigenvalue weighted by atomic mass is 32.2. The minimum Gasteiger partial charge on any atom is -0.491 e. The summed E-state index contributed by atoms with van der Waals surface area (Å²) in [5, 5.41) is 2.85. The second-order valence-corrected chi connectivity index (χ2v) is 11.9. The van der Waals surface area contributed by atoms with E-state index in [0.717, 1.165) is 0 Å². The molecule has 1 atom stereocenters. The quantitative estimate of drug-likeness (QED) is 0.573. The zero-order chi connectivity index (χ0) is 24.8. The Kier molecular flexibility index (Phi) is 6.05. The molecule has 182 valence electrons. The number of hydrogen-bond donors (Lipinski definition) is 1. The highest BCUT2D eigenvalue weighted by Gasteiger charge is 2.39. The van der Waals surface area contributed by atoms with Gasteiger partial charge in [-0.15, -0.1) is 0 Å². The van der Waals surface area contributed by atoms with Gasteiger partial charge in [0.25, 0.3) is 5.91 Å². The third kappa shape index (κ3) is 4.59. The van der Waals surface area contributed by atoms with E-state index >= 15 is 0 Å². The molecule has 34 heavy (non-hydrogen) atoms. The van der Waals surface area contributed by atoms with Gasteiger partial charge in [-0.25, -0.2) is 22.8 Å². The molecule has 3 aromatic rings. The Morgan fingerprint density at radius 2 is 1.94 bits per heavy atom. The van der Waals surface area contributed by atoms with Crippen LogP contribution in [0.4, 0.5) is 0 Å². The normalized spacial score (nSPS) is 19.7. The van der Waals surface area contributed by atoms with Gasteiger partial charge in [-0.05, 0) is 59.2 Å². The van der Waals surface area contributed by atoms with Gasteiger partial charge >= 0.3 is 5.69 Å². The first-order chi connectivity index (χ1) is 15.9. The number of fused-ring (bicyclic) bond motifs is 1. The second kappa shape index (κ2) is 8.57. The molecule has 0 unspecified atom stereocenters. The summed E-state index contributed by atoms with van der Waals surface area (Å²) in [5.74, 6) is 0.178. The molecule has 0 aliphatic carbocycles. The van der Waals surface area contributed by atoms with Crippen molar-refractivity contribution in [2.75, 3.05) is 11.5 Å². The van der Waals surface area contributed by atoms with Gasteiger partial charge < -0.3 is 10.1 Å². The number of nitrogens with one attached hydrogen (secondary N) is 1. The van der Waals surface area contributed by atoms with Crippen molar-refractivity contribution >= 4 is 26.9 Å². The molecule has 0 bridgehead atoms. The average molecular weight is 487 g/mol. The molecule has 10 heteroatoms. The van der Waals surface area contributed by atoms with Gasteiger partial charge in [-0.3, -0.25) is 9.36 Å². The zero-order valence-electron chi connectivity index (χ0n) is 20.0. The van der Waals surface area contributed by atoms with Crippen molar-refractivity contribution < 1.29 is 17.9 Å². The molecule has 0 spiro atoms. The molecule has 2 aromatic heterocycles. The van der Waals surface area contributed by atoms with E-state index in [1.54, 1.807) is 23.6 Å². The van der Waals surface area contributed by atoms with Crippen LogP contribution in [0.2, 0.25) is 0 Å². The molecular weight excluding hydrogens is 456 g/mol. The van der Waals surface area contributed by atoms with E-state index in [-0.39, 0.29) is 34.9 Å². The van der Waals surface area contributed by atoms with E-state index in [1.807, 2.05) is 45.9 Å². The van der Waals surface area contributed by atoms with Crippen LogP contribution in [-0.4, -0.2) is 51.6 Å². The number of nitrogens with zero attached hydrogens (tertiary/aromatic N) is 3. The Bertz CT molecular complexity index is 1420. The summed E-state index contributed by atoms with van der Waals surface area (Å²) in [5.41, 5.74) is 0.720. The van der Waals surface area contributed by atoms with E-state index in [9.17, 15) is 18.0 Å². The molecule has 1 aliphatic rings. The second-order valence-electron chi connectivity index (χ2n) is 9.67. The summed E-state index contributed by atoms with van der Waals surface area (Å²) in [6.07, 6.45) is 1.76. The van der Waals surface area contributed by atoms with Crippen molar-refractivity contribution in [3.8, 4) is 11.4 Å². The Labute approximate surface area is 198 Å². The summed E-state index contributed by atoms with van der Waals surface area (Å²) in [7, 11) is -3.17. The highest BCUT2D eigenvalue weighted by molar-refractivity contribution is 7.91. The molecule has 1 saturated heterocycles. The van der Waals surface area contributed by atoms with Gasteiger partial charge in [0.1, 0.15) is 5.75 Å². The Morgan fingerprint density at radius 3 is 2.56 bits per heavy atom. The zero-order valence-corrected chi connectivity index (χ0v) is 20.8. The monoisotopic (exact) mass is 486 g/mol. The van der Waals surface area contributed by atoms with Crippen molar-refractivity contribution in [1.82, 2.24) is 19.4 Å². The van der Waals surface area contributed by atoms with Gasteiger partial charge in [0, 0.05) is 18.3 Å². The molecule has 3 heterocycles. The third-order valence-electron chi connectivity index (χ3n) is 5.86. The van der Waals surface area contributed by atoms with Crippen molar-refractivity contribution in [3.63, 3.8) is 0 Å². The number of ether oxygens (including phenoxy) is 1. The molecule has 1 aliphatic heterocycles. The van der Waals surface area contributed by atoms with E-state index in [4.69, 9.17) is 4.74 Å². The van der Waals surface area contributed by atoms with Gasteiger partial charge in [0.15, 0.2) is 15.5 Å². The van der Waals surface area contributed by atoms with Crippen LogP contribution in [0.5, 0.6) is 5.75 Å². The summed E-state index contributed by atoms with van der Waals surface area (Å²) < 4.78 is 32.7. The van der Waals surface area contributed by atoms with Crippen LogP contribution in [0.15, 0.2) is 41.3 Å². The SMILES string of the molecule is CC(C)Oc1cccc(-n2c(=O)n(C(C)C)c3cc(C(=O)N[C@]4(C)CCS(=O)(=O)C4)cnc32)c1. The maximum Gasteiger partial charge on any atom is 0.335 e. The summed E-state index contributed by atoms with van der Waals surface area (Å²) >= 11 is 0. The van der Waals surface area contributed by atoms with Crippen LogP contribution in [0.3, 0.4) is 0 Å². The lowest BCUT2D eigenvalue weighted by molar-refractivity contribution is 0.0915. The molecule has 4 rings (SSSR count). The van der Waals surface area contributed by atoms with Crippen molar-refractivity contribution in [2.24, 2.45) is 0 Å². The lowest BCUT2D eigenvalue weighted by Gasteiger charge is -2.23. The summed E-state index contributed by atoms with van der Waals surface area (Å²) in [6, 6.07) is 8.70. The first-order valence-corrected chi connectivity index (χ1v) is 13.1. The predicted octanol–water partition coefficient (Wildman–Crippen LogP) is 2.86. The van der Waals surface area contributed by atoms with Gasteiger partial charge in [0.2, 0.25) is 0 Å². The highest BCUT2D eigenvalue weighted by Crippen LogP contribution is 2.25. The standard InChI is InChI=1S/C24H30N4O5S/c1-15(2)27-20-11-17(22(29)26-24(5)9-10-34(31,32)14-24)13-25-21(20)28(23(27)30)18-7-6-8-19(12-18)33-16(3)4/h6-8,11-13,15-16H,9-10,14H2,1-5H3,(H,26,29)/t24-/m1/s1. The maximum atomic E-state index is 13.4. The third-order valence-corrected chi connectivity index (χ3v) is 7.76. The number of benzene rings is 1. The van der Waals surface area contributed by atoms with Crippen molar-refractivity contribution in [1.29, 1.82) is 0 Å². The first kappa shape index (κ1) is 24.0. The smallest absolute Gasteiger partial charge is 0.335 e. The number of imidazole rings is 1. The van der Waals surface area contributed by atoms with Gasteiger partial charge in [-0.1, -0.05) is 6.07 Å². The topological polar surface area (TPSA) is 112 Å². The fourth-order valence-electron chi connectivity index (χ4n) is 4.38. The number of carbonyl (C=O) groups excluding carboxylic acids is 1. The lowest BCUT2D eigenvalue weighted by atomic mass is 10.0. The van der Waals surface area contributed by atoms with Crippen LogP contribution in [0.25, 0.3) is 16.9 Å². The average Bonchev–Trinajstić information content (AvgIpc) is 3.18. The van der Waals surface area contributed by atoms with E-state index in [1.165, 1.54) is 10.8 Å². The van der Waals surface area contributed by atoms with Crippen LogP contribution in [0, 0.1) is 0 Å². The number of pyridine rings is 1. The number of rotatable bonds is 6. The summed E-state index contributed by atoms with van der Waals surface area (Å²) in [6.45, 7) is 9.37. The molecular formula is C24H30N4O5S. The Morgan fingerprint density at radius 1 is 1.21 bits per heavy atom. The van der Waals surface area contributed by atoms with Crippen molar-refractivity contribution in [2.45, 2.75) is 58.7 Å². The maximum absolute atomic E-state index is 13.4. The van der Waals surface area contributed by atoms with Crippen LogP contribution < -0.4 is 15.7 Å². The minimum atomic E-state index is -3.17. The largest absolute Gasteiger partial charge is 0.491 e. The number of amides is 1. The number of aromatic nitrogens is 3. The lowest BCUT2D eigenvalue weighted by Crippen LogP contribution is -2.46. The molecule has 1 amide bonds. The van der Waals surface area contributed by atoms with E-state index < -0.39 is 21.3 Å². The van der Waals surface area contributed by atoms with Crippen molar-refractivity contribution in [3.05, 3.63) is 52.6 Å². The molecule has 0 saturated carbocycles. The molecule has 1 aromatic carbocycles. The van der Waals surface area contributed by atoms with Crippen LogP contribution in [-0.2, 0) is 9.84 Å². The molecule has 1 N–H and O–H groups in total. The van der Waals surface area contributed by atoms with Crippen LogP contribution >= 0.6 is 0 Å².